The molecule has 1 aliphatic carbocycles. The lowest BCUT2D eigenvalue weighted by atomic mass is 10.3. The van der Waals surface area contributed by atoms with E-state index in [4.69, 9.17) is 11.6 Å². The van der Waals surface area contributed by atoms with Gasteiger partial charge >= 0.3 is 0 Å². The Kier molecular flexibility index (Phi) is 3.54. The molecule has 0 atom stereocenters. The molecule has 0 saturated heterocycles. The Morgan fingerprint density at radius 1 is 1.62 bits per heavy atom. The molecule has 0 aliphatic heterocycles. The van der Waals surface area contributed by atoms with E-state index in [1.807, 2.05) is 4.90 Å². The van der Waals surface area contributed by atoms with E-state index in [0.717, 1.165) is 25.4 Å². The van der Waals surface area contributed by atoms with Crippen LogP contribution in [0.5, 0.6) is 0 Å². The average molecular weight is 241 g/mol. The van der Waals surface area contributed by atoms with Crippen LogP contribution in [0, 0.1) is 5.92 Å². The number of aromatic amines is 1. The van der Waals surface area contributed by atoms with Crippen molar-refractivity contribution in [1.29, 1.82) is 0 Å². The highest BCUT2D eigenvalue weighted by molar-refractivity contribution is 6.30. The van der Waals surface area contributed by atoms with Gasteiger partial charge in [-0.15, -0.1) is 0 Å². The number of nitrogens with zero attached hydrogens (tertiary/aromatic N) is 1. The maximum atomic E-state index is 12.1. The van der Waals surface area contributed by atoms with E-state index < -0.39 is 0 Å². The Bertz CT molecular complexity index is 371. The Balaban J connectivity index is 2.02. The van der Waals surface area contributed by atoms with Crippen molar-refractivity contribution in [2.45, 2.75) is 26.2 Å². The van der Waals surface area contributed by atoms with Gasteiger partial charge in [0.25, 0.3) is 5.91 Å². The van der Waals surface area contributed by atoms with Crippen LogP contribution in [0.1, 0.15) is 36.7 Å². The van der Waals surface area contributed by atoms with Gasteiger partial charge in [0.1, 0.15) is 5.69 Å². The van der Waals surface area contributed by atoms with Crippen LogP contribution >= 0.6 is 11.6 Å². The average Bonchev–Trinajstić information content (AvgIpc) is 2.97. The largest absolute Gasteiger partial charge is 0.356 e. The zero-order chi connectivity index (χ0) is 11.5. The van der Waals surface area contributed by atoms with Crippen LogP contribution in [0.15, 0.2) is 12.3 Å². The highest BCUT2D eigenvalue weighted by Gasteiger charge is 2.27. The maximum Gasteiger partial charge on any atom is 0.270 e. The summed E-state index contributed by atoms with van der Waals surface area (Å²) in [6, 6.07) is 1.69. The third kappa shape index (κ3) is 2.79. The number of halogens is 1. The first-order valence-electron chi connectivity index (χ1n) is 5.84. The minimum atomic E-state index is 0.0700. The lowest BCUT2D eigenvalue weighted by Crippen LogP contribution is -2.33. The van der Waals surface area contributed by atoms with Gasteiger partial charge in [-0.2, -0.15) is 0 Å². The number of nitrogens with one attached hydrogen (secondary N) is 1. The normalized spacial score (nSPS) is 15.1. The van der Waals surface area contributed by atoms with Gasteiger partial charge in [-0.3, -0.25) is 4.79 Å². The predicted molar refractivity (Wildman–Crippen MR) is 64.7 cm³/mol. The highest BCUT2D eigenvalue weighted by atomic mass is 35.5. The van der Waals surface area contributed by atoms with E-state index >= 15 is 0 Å². The smallest absolute Gasteiger partial charge is 0.270 e. The second kappa shape index (κ2) is 4.91. The second-order valence-corrected chi connectivity index (χ2v) is 4.86. The summed E-state index contributed by atoms with van der Waals surface area (Å²) in [4.78, 5) is 17.0. The molecule has 88 valence electrons. The Morgan fingerprint density at radius 2 is 2.38 bits per heavy atom. The van der Waals surface area contributed by atoms with Gasteiger partial charge in [0.15, 0.2) is 0 Å². The lowest BCUT2D eigenvalue weighted by molar-refractivity contribution is 0.0742. The first-order valence-corrected chi connectivity index (χ1v) is 6.21. The van der Waals surface area contributed by atoms with Crippen LogP contribution in [0.25, 0.3) is 0 Å². The molecule has 3 nitrogen and oxygen atoms in total. The van der Waals surface area contributed by atoms with Gasteiger partial charge in [0, 0.05) is 19.3 Å². The molecule has 0 aromatic carbocycles. The highest BCUT2D eigenvalue weighted by Crippen LogP contribution is 2.30. The zero-order valence-electron chi connectivity index (χ0n) is 9.50. The third-order valence-electron chi connectivity index (χ3n) is 2.83. The summed E-state index contributed by atoms with van der Waals surface area (Å²) in [6.45, 7) is 3.81. The minimum absolute atomic E-state index is 0.0700. The summed E-state index contributed by atoms with van der Waals surface area (Å²) in [5, 5.41) is 0.589. The van der Waals surface area contributed by atoms with Crippen molar-refractivity contribution < 1.29 is 4.79 Å². The SMILES string of the molecule is CCCN(CC1CC1)C(=O)c1cc(Cl)c[nH]1. The van der Waals surface area contributed by atoms with E-state index in [2.05, 4.69) is 11.9 Å². The van der Waals surface area contributed by atoms with Gasteiger partial charge in [0.05, 0.1) is 5.02 Å². The van der Waals surface area contributed by atoms with Gasteiger partial charge in [0.2, 0.25) is 0 Å². The molecular formula is C12H17ClN2O. The molecule has 1 aliphatic rings. The predicted octanol–water partition coefficient (Wildman–Crippen LogP) is 2.93. The molecule has 1 aromatic heterocycles. The molecule has 1 heterocycles. The summed E-state index contributed by atoms with van der Waals surface area (Å²) in [5.74, 6) is 0.793. The Morgan fingerprint density at radius 3 is 2.88 bits per heavy atom. The molecule has 1 fully saturated rings. The quantitative estimate of drug-likeness (QED) is 0.844. The topological polar surface area (TPSA) is 36.1 Å². The van der Waals surface area contributed by atoms with Gasteiger partial charge in [-0.1, -0.05) is 18.5 Å². The molecule has 16 heavy (non-hydrogen) atoms. The summed E-state index contributed by atoms with van der Waals surface area (Å²) >= 11 is 5.80. The number of H-pyrrole nitrogens is 1. The molecule has 4 heteroatoms. The third-order valence-corrected chi connectivity index (χ3v) is 3.05. The molecule has 2 rings (SSSR count). The number of carbonyl (C=O) groups is 1. The standard InChI is InChI=1S/C12H17ClN2O/c1-2-5-15(8-9-3-4-9)12(16)11-6-10(13)7-14-11/h6-7,9,14H,2-5,8H2,1H3. The maximum absolute atomic E-state index is 12.1. The van der Waals surface area contributed by atoms with Gasteiger partial charge in [-0.25, -0.2) is 0 Å². The first-order chi connectivity index (χ1) is 7.70. The summed E-state index contributed by atoms with van der Waals surface area (Å²) in [7, 11) is 0. The van der Waals surface area contributed by atoms with E-state index in [1.54, 1.807) is 12.3 Å². The molecule has 0 radical (unpaired) electrons. The van der Waals surface area contributed by atoms with E-state index in [-0.39, 0.29) is 5.91 Å². The summed E-state index contributed by atoms with van der Waals surface area (Å²) in [5.41, 5.74) is 0.596. The number of aromatic nitrogens is 1. The summed E-state index contributed by atoms with van der Waals surface area (Å²) < 4.78 is 0. The molecule has 1 N–H and O–H groups in total. The van der Waals surface area contributed by atoms with E-state index in [9.17, 15) is 4.79 Å². The Hall–Kier alpha value is -0.960. The van der Waals surface area contributed by atoms with Crippen LogP contribution in [0.4, 0.5) is 0 Å². The van der Waals surface area contributed by atoms with E-state index in [0.29, 0.717) is 10.7 Å². The van der Waals surface area contributed by atoms with Crippen molar-refractivity contribution in [3.8, 4) is 0 Å². The monoisotopic (exact) mass is 240 g/mol. The zero-order valence-corrected chi connectivity index (χ0v) is 10.3. The molecule has 0 unspecified atom stereocenters. The van der Waals surface area contributed by atoms with Crippen LogP contribution in [0.3, 0.4) is 0 Å². The molecule has 0 spiro atoms. The first kappa shape index (κ1) is 11.5. The van der Waals surface area contributed by atoms with Crippen LogP contribution in [0.2, 0.25) is 5.02 Å². The van der Waals surface area contributed by atoms with Crippen LogP contribution in [-0.4, -0.2) is 28.9 Å². The second-order valence-electron chi connectivity index (χ2n) is 4.43. The fraction of sp³-hybridized carbons (Fsp3) is 0.583. The number of hydrogen-bond donors (Lipinski definition) is 1. The van der Waals surface area contributed by atoms with Crippen LogP contribution < -0.4 is 0 Å². The molecule has 1 aromatic rings. The molecule has 1 amide bonds. The number of hydrogen-bond acceptors (Lipinski definition) is 1. The van der Waals surface area contributed by atoms with Crippen molar-refractivity contribution in [3.63, 3.8) is 0 Å². The summed E-state index contributed by atoms with van der Waals surface area (Å²) in [6.07, 6.45) is 5.17. The number of rotatable bonds is 5. The lowest BCUT2D eigenvalue weighted by Gasteiger charge is -2.21. The molecule has 1 saturated carbocycles. The van der Waals surface area contributed by atoms with Gasteiger partial charge < -0.3 is 9.88 Å². The number of carbonyl (C=O) groups excluding carboxylic acids is 1. The minimum Gasteiger partial charge on any atom is -0.356 e. The fourth-order valence-electron chi connectivity index (χ4n) is 1.82. The number of amides is 1. The van der Waals surface area contributed by atoms with Crippen molar-refractivity contribution in [3.05, 3.63) is 23.0 Å². The van der Waals surface area contributed by atoms with Crippen molar-refractivity contribution in [2.24, 2.45) is 5.92 Å². The van der Waals surface area contributed by atoms with Crippen molar-refractivity contribution in [2.75, 3.05) is 13.1 Å². The fourth-order valence-corrected chi connectivity index (χ4v) is 1.98. The van der Waals surface area contributed by atoms with Gasteiger partial charge in [-0.05, 0) is 31.2 Å². The van der Waals surface area contributed by atoms with Crippen LogP contribution in [-0.2, 0) is 0 Å². The van der Waals surface area contributed by atoms with Crippen molar-refractivity contribution >= 4 is 17.5 Å². The van der Waals surface area contributed by atoms with E-state index in [1.165, 1.54) is 12.8 Å². The van der Waals surface area contributed by atoms with Crippen molar-refractivity contribution in [1.82, 2.24) is 9.88 Å². The molecular weight excluding hydrogens is 224 g/mol. The molecule has 0 bridgehead atoms. The Labute approximate surface area is 101 Å².